The van der Waals surface area contributed by atoms with Crippen LogP contribution >= 0.6 is 22.9 Å². The average Bonchev–Trinajstić information content (AvgIpc) is 3.03. The normalized spacial score (nSPS) is 13.0. The minimum Gasteiger partial charge on any atom is -0.489 e. The minimum absolute atomic E-state index is 0.106. The molecule has 0 atom stereocenters. The summed E-state index contributed by atoms with van der Waals surface area (Å²) in [5.41, 5.74) is 2.34. The molecule has 0 saturated heterocycles. The first-order valence-electron chi connectivity index (χ1n) is 8.77. The number of rotatable bonds is 5. The van der Waals surface area contributed by atoms with E-state index in [0.29, 0.717) is 35.4 Å². The maximum Gasteiger partial charge on any atom is 0.312 e. The largest absolute Gasteiger partial charge is 0.489 e. The van der Waals surface area contributed by atoms with Gasteiger partial charge in [-0.15, -0.1) is 11.3 Å². The molecule has 3 heterocycles. The number of esters is 1. The number of aromatic nitrogens is 2. The molecule has 0 radical (unpaired) electrons. The molecule has 1 aliphatic heterocycles. The Morgan fingerprint density at radius 2 is 2.18 bits per heavy atom. The number of thiazole rings is 1. The van der Waals surface area contributed by atoms with E-state index in [-0.39, 0.29) is 19.0 Å². The molecular weight excluding hydrogens is 400 g/mol. The van der Waals surface area contributed by atoms with Crippen LogP contribution in [0.4, 0.5) is 0 Å². The average molecular weight is 417 g/mol. The highest BCUT2D eigenvalue weighted by Crippen LogP contribution is 2.38. The quantitative estimate of drug-likeness (QED) is 0.577. The van der Waals surface area contributed by atoms with Gasteiger partial charge in [-0.25, -0.2) is 4.98 Å². The summed E-state index contributed by atoms with van der Waals surface area (Å²) in [6, 6.07) is 7.31. The van der Waals surface area contributed by atoms with Crippen LogP contribution in [0.25, 0.3) is 10.6 Å². The highest BCUT2D eigenvalue weighted by Gasteiger charge is 2.17. The third kappa shape index (κ3) is 4.43. The molecule has 8 heteroatoms. The van der Waals surface area contributed by atoms with Crippen molar-refractivity contribution >= 4 is 28.9 Å². The van der Waals surface area contributed by atoms with Crippen molar-refractivity contribution in [2.75, 3.05) is 13.2 Å². The summed E-state index contributed by atoms with van der Waals surface area (Å²) >= 11 is 7.74. The van der Waals surface area contributed by atoms with Crippen LogP contribution in [0.3, 0.4) is 0 Å². The van der Waals surface area contributed by atoms with Crippen molar-refractivity contribution in [3.8, 4) is 22.1 Å². The van der Waals surface area contributed by atoms with Crippen LogP contribution in [0.15, 0.2) is 42.0 Å². The van der Waals surface area contributed by atoms with Gasteiger partial charge in [0.2, 0.25) is 0 Å². The Morgan fingerprint density at radius 3 is 3.04 bits per heavy atom. The zero-order valence-corrected chi connectivity index (χ0v) is 16.5. The van der Waals surface area contributed by atoms with E-state index in [9.17, 15) is 4.79 Å². The van der Waals surface area contributed by atoms with E-state index >= 15 is 0 Å². The number of halogens is 1. The van der Waals surface area contributed by atoms with Crippen LogP contribution in [0.5, 0.6) is 11.5 Å². The Balaban J connectivity index is 1.37. The topological polar surface area (TPSA) is 70.5 Å². The van der Waals surface area contributed by atoms with Gasteiger partial charge in [0.05, 0.1) is 30.4 Å². The first kappa shape index (κ1) is 18.7. The second-order valence-electron chi connectivity index (χ2n) is 6.18. The summed E-state index contributed by atoms with van der Waals surface area (Å²) in [5.74, 6) is 0.766. The molecule has 3 aromatic rings. The molecule has 0 saturated carbocycles. The number of pyridine rings is 1. The predicted molar refractivity (Wildman–Crippen MR) is 106 cm³/mol. The number of carbonyl (C=O) groups is 1. The smallest absolute Gasteiger partial charge is 0.312 e. The molecule has 0 unspecified atom stereocenters. The second-order valence-corrected chi connectivity index (χ2v) is 7.44. The van der Waals surface area contributed by atoms with Crippen LogP contribution in [0, 0.1) is 0 Å². The van der Waals surface area contributed by atoms with Gasteiger partial charge in [0, 0.05) is 29.8 Å². The van der Waals surface area contributed by atoms with E-state index in [2.05, 4.69) is 9.97 Å². The number of benzene rings is 1. The van der Waals surface area contributed by atoms with Gasteiger partial charge >= 0.3 is 5.97 Å². The molecule has 4 rings (SSSR count). The van der Waals surface area contributed by atoms with Crippen molar-refractivity contribution in [2.45, 2.75) is 19.4 Å². The monoisotopic (exact) mass is 416 g/mol. The van der Waals surface area contributed by atoms with Gasteiger partial charge in [-0.2, -0.15) is 0 Å². The van der Waals surface area contributed by atoms with E-state index in [0.717, 1.165) is 22.6 Å². The summed E-state index contributed by atoms with van der Waals surface area (Å²) in [5, 5.41) is 3.13. The molecule has 0 bridgehead atoms. The van der Waals surface area contributed by atoms with E-state index in [1.54, 1.807) is 24.5 Å². The number of fused-ring (bicyclic) bond motifs is 1. The van der Waals surface area contributed by atoms with Crippen molar-refractivity contribution in [1.82, 2.24) is 9.97 Å². The molecule has 28 heavy (non-hydrogen) atoms. The summed E-state index contributed by atoms with van der Waals surface area (Å²) in [6.07, 6.45) is 4.36. The molecule has 0 N–H and O–H groups in total. The van der Waals surface area contributed by atoms with E-state index in [4.69, 9.17) is 25.8 Å². The van der Waals surface area contributed by atoms with Crippen LogP contribution in [-0.4, -0.2) is 29.2 Å². The first-order valence-corrected chi connectivity index (χ1v) is 10.0. The van der Waals surface area contributed by atoms with Crippen LogP contribution < -0.4 is 9.47 Å². The van der Waals surface area contributed by atoms with Crippen LogP contribution in [-0.2, 0) is 22.6 Å². The van der Waals surface area contributed by atoms with Crippen molar-refractivity contribution in [3.63, 3.8) is 0 Å². The van der Waals surface area contributed by atoms with Crippen molar-refractivity contribution < 1.29 is 19.0 Å². The lowest BCUT2D eigenvalue weighted by Crippen LogP contribution is -2.08. The van der Waals surface area contributed by atoms with Crippen LogP contribution in [0.1, 0.15) is 17.7 Å². The minimum atomic E-state index is -0.355. The van der Waals surface area contributed by atoms with Gasteiger partial charge in [0.15, 0.2) is 11.5 Å². The van der Waals surface area contributed by atoms with Gasteiger partial charge in [0.1, 0.15) is 11.6 Å². The summed E-state index contributed by atoms with van der Waals surface area (Å²) < 4.78 is 16.6. The van der Waals surface area contributed by atoms with E-state index < -0.39 is 0 Å². The Bertz CT molecular complexity index is 978. The predicted octanol–water partition coefficient (Wildman–Crippen LogP) is 4.31. The van der Waals surface area contributed by atoms with Crippen molar-refractivity contribution in [1.29, 1.82) is 0 Å². The first-order chi connectivity index (χ1) is 13.7. The highest BCUT2D eigenvalue weighted by atomic mass is 35.5. The summed E-state index contributed by atoms with van der Waals surface area (Å²) in [7, 11) is 0. The maximum atomic E-state index is 12.2. The molecule has 144 valence electrons. The molecule has 0 spiro atoms. The SMILES string of the molecule is O=C(Cc1csc(-c2cccnc2)n1)OCc1cc(Cl)c2c(c1)OCCCO2. The molecule has 6 nitrogen and oxygen atoms in total. The fraction of sp³-hybridized carbons (Fsp3) is 0.250. The fourth-order valence-corrected chi connectivity index (χ4v) is 3.84. The van der Waals surface area contributed by atoms with Crippen molar-refractivity contribution in [3.05, 3.63) is 58.3 Å². The van der Waals surface area contributed by atoms with Gasteiger partial charge in [-0.05, 0) is 29.8 Å². The molecule has 0 aliphatic carbocycles. The number of carbonyl (C=O) groups excluding carboxylic acids is 1. The molecular formula is C20H17ClN2O4S. The summed E-state index contributed by atoms with van der Waals surface area (Å²) in [4.78, 5) is 20.8. The molecule has 1 aliphatic rings. The number of nitrogens with zero attached hydrogens (tertiary/aromatic N) is 2. The van der Waals surface area contributed by atoms with E-state index in [1.165, 1.54) is 11.3 Å². The molecule has 2 aromatic heterocycles. The number of hydrogen-bond donors (Lipinski definition) is 0. The maximum absolute atomic E-state index is 12.2. The fourth-order valence-electron chi connectivity index (χ4n) is 2.74. The second kappa shape index (κ2) is 8.58. The Kier molecular flexibility index (Phi) is 5.73. The third-order valence-corrected chi connectivity index (χ3v) is 5.27. The lowest BCUT2D eigenvalue weighted by Gasteiger charge is -2.11. The van der Waals surface area contributed by atoms with Gasteiger partial charge < -0.3 is 14.2 Å². The molecule has 0 fully saturated rings. The third-order valence-electron chi connectivity index (χ3n) is 4.05. The number of ether oxygens (including phenoxy) is 3. The number of hydrogen-bond acceptors (Lipinski definition) is 7. The lowest BCUT2D eigenvalue weighted by molar-refractivity contribution is -0.144. The zero-order chi connectivity index (χ0) is 19.3. The molecule has 0 amide bonds. The zero-order valence-electron chi connectivity index (χ0n) is 14.9. The van der Waals surface area contributed by atoms with Gasteiger partial charge in [-0.1, -0.05) is 11.6 Å². The van der Waals surface area contributed by atoms with Gasteiger partial charge in [0.25, 0.3) is 0 Å². The summed E-state index contributed by atoms with van der Waals surface area (Å²) in [6.45, 7) is 1.24. The van der Waals surface area contributed by atoms with Crippen molar-refractivity contribution in [2.24, 2.45) is 0 Å². The standard InChI is InChI=1S/C20H17ClN2O4S/c21-16-7-13(8-17-19(16)26-6-2-5-25-17)11-27-18(24)9-15-12-28-20(23-15)14-3-1-4-22-10-14/h1,3-4,7-8,10,12H,2,5-6,9,11H2. The highest BCUT2D eigenvalue weighted by molar-refractivity contribution is 7.13. The Labute approximate surface area is 171 Å². The van der Waals surface area contributed by atoms with E-state index in [1.807, 2.05) is 17.5 Å². The lowest BCUT2D eigenvalue weighted by atomic mass is 10.2. The molecule has 1 aromatic carbocycles. The van der Waals surface area contributed by atoms with Crippen LogP contribution in [0.2, 0.25) is 5.02 Å². The Morgan fingerprint density at radius 1 is 1.29 bits per heavy atom. The Hall–Kier alpha value is -2.64. The van der Waals surface area contributed by atoms with Gasteiger partial charge in [-0.3, -0.25) is 9.78 Å².